The minimum absolute atomic E-state index is 1.10. The van der Waals surface area contributed by atoms with Gasteiger partial charge in [0, 0.05) is 26.3 Å². The number of fused-ring (bicyclic) bond motifs is 3. The predicted octanol–water partition coefficient (Wildman–Crippen LogP) is 5.01. The highest BCUT2D eigenvalue weighted by Gasteiger charge is 2.21. The standard InChI is InChI=1S/C16H15BrN2S/c1-10-15(11-5-4-6-12(17)9-11)18-16-19(10)13-7-2-3-8-14(13)20-16/h4-6,9H,2-3,7-8H2,1H3. The second-order valence-electron chi connectivity index (χ2n) is 5.35. The first-order valence-corrected chi connectivity index (χ1v) is 8.60. The van der Waals surface area contributed by atoms with Gasteiger partial charge in [-0.1, -0.05) is 28.1 Å². The van der Waals surface area contributed by atoms with Gasteiger partial charge in [-0.3, -0.25) is 4.40 Å². The van der Waals surface area contributed by atoms with Crippen LogP contribution in [0.2, 0.25) is 0 Å². The lowest BCUT2D eigenvalue weighted by atomic mass is 10.0. The number of rotatable bonds is 1. The molecule has 0 atom stereocenters. The molecule has 0 fully saturated rings. The summed E-state index contributed by atoms with van der Waals surface area (Å²) in [5.41, 5.74) is 5.09. The van der Waals surface area contributed by atoms with Crippen LogP contribution in [0.3, 0.4) is 0 Å². The van der Waals surface area contributed by atoms with Crippen molar-refractivity contribution in [1.82, 2.24) is 9.38 Å². The third-order valence-electron chi connectivity index (χ3n) is 4.05. The Labute approximate surface area is 130 Å². The van der Waals surface area contributed by atoms with Gasteiger partial charge >= 0.3 is 0 Å². The van der Waals surface area contributed by atoms with Gasteiger partial charge in [-0.25, -0.2) is 4.98 Å². The van der Waals surface area contributed by atoms with Gasteiger partial charge < -0.3 is 0 Å². The largest absolute Gasteiger partial charge is 0.291 e. The van der Waals surface area contributed by atoms with Gasteiger partial charge in [-0.15, -0.1) is 11.3 Å². The van der Waals surface area contributed by atoms with Crippen molar-refractivity contribution in [2.75, 3.05) is 0 Å². The van der Waals surface area contributed by atoms with E-state index in [0.29, 0.717) is 0 Å². The minimum atomic E-state index is 1.10. The number of benzene rings is 1. The highest BCUT2D eigenvalue weighted by molar-refractivity contribution is 9.10. The molecule has 0 bridgehead atoms. The molecule has 1 aliphatic carbocycles. The van der Waals surface area contributed by atoms with Crippen LogP contribution in [0.15, 0.2) is 28.7 Å². The number of imidazole rings is 1. The van der Waals surface area contributed by atoms with Crippen molar-refractivity contribution in [3.63, 3.8) is 0 Å². The predicted molar refractivity (Wildman–Crippen MR) is 87.6 cm³/mol. The second kappa shape index (κ2) is 4.71. The van der Waals surface area contributed by atoms with Crippen molar-refractivity contribution in [3.8, 4) is 11.3 Å². The Kier molecular flexibility index (Phi) is 2.97. The molecule has 4 rings (SSSR count). The molecule has 0 unspecified atom stereocenters. The smallest absolute Gasteiger partial charge is 0.194 e. The molecule has 0 N–H and O–H groups in total. The summed E-state index contributed by atoms with van der Waals surface area (Å²) in [6.45, 7) is 2.19. The van der Waals surface area contributed by atoms with Crippen molar-refractivity contribution in [2.45, 2.75) is 32.6 Å². The highest BCUT2D eigenvalue weighted by Crippen LogP contribution is 2.34. The zero-order valence-electron chi connectivity index (χ0n) is 11.3. The fourth-order valence-corrected chi connectivity index (χ4v) is 4.74. The van der Waals surface area contributed by atoms with Crippen molar-refractivity contribution >= 4 is 32.2 Å². The van der Waals surface area contributed by atoms with E-state index in [2.05, 4.69) is 51.5 Å². The molecule has 1 aliphatic rings. The van der Waals surface area contributed by atoms with Crippen LogP contribution in [0.5, 0.6) is 0 Å². The minimum Gasteiger partial charge on any atom is -0.291 e. The van der Waals surface area contributed by atoms with Gasteiger partial charge in [0.2, 0.25) is 0 Å². The average molecular weight is 347 g/mol. The number of aromatic nitrogens is 2. The van der Waals surface area contributed by atoms with Crippen molar-refractivity contribution in [3.05, 3.63) is 45.0 Å². The summed E-state index contributed by atoms with van der Waals surface area (Å²) in [5.74, 6) is 0. The maximum Gasteiger partial charge on any atom is 0.194 e. The molecule has 2 heterocycles. The van der Waals surface area contributed by atoms with E-state index in [0.717, 1.165) is 15.1 Å². The lowest BCUT2D eigenvalue weighted by molar-refractivity contribution is 0.672. The zero-order valence-corrected chi connectivity index (χ0v) is 13.7. The molecular formula is C16H15BrN2S. The number of thiazole rings is 1. The van der Waals surface area contributed by atoms with Crippen LogP contribution in [0.4, 0.5) is 0 Å². The quantitative estimate of drug-likeness (QED) is 0.605. The molecule has 102 valence electrons. The molecule has 0 saturated carbocycles. The fourth-order valence-electron chi connectivity index (χ4n) is 3.09. The van der Waals surface area contributed by atoms with Gasteiger partial charge in [0.05, 0.1) is 5.69 Å². The number of aryl methyl sites for hydroxylation is 3. The van der Waals surface area contributed by atoms with Crippen LogP contribution in [-0.4, -0.2) is 9.38 Å². The SMILES string of the molecule is Cc1c(-c2cccc(Br)c2)nc2sc3c(n12)CCCC3. The van der Waals surface area contributed by atoms with Crippen molar-refractivity contribution in [1.29, 1.82) is 0 Å². The van der Waals surface area contributed by atoms with E-state index >= 15 is 0 Å². The Morgan fingerprint density at radius 2 is 2.10 bits per heavy atom. The summed E-state index contributed by atoms with van der Waals surface area (Å²) < 4.78 is 3.49. The van der Waals surface area contributed by atoms with Crippen LogP contribution < -0.4 is 0 Å². The fraction of sp³-hybridized carbons (Fsp3) is 0.312. The Morgan fingerprint density at radius 3 is 2.95 bits per heavy atom. The van der Waals surface area contributed by atoms with Crippen molar-refractivity contribution in [2.24, 2.45) is 0 Å². The molecule has 0 radical (unpaired) electrons. The molecular weight excluding hydrogens is 332 g/mol. The van der Waals surface area contributed by atoms with E-state index in [9.17, 15) is 0 Å². The third-order valence-corrected chi connectivity index (χ3v) is 5.68. The highest BCUT2D eigenvalue weighted by atomic mass is 79.9. The van der Waals surface area contributed by atoms with Crippen LogP contribution in [0, 0.1) is 6.92 Å². The summed E-state index contributed by atoms with van der Waals surface area (Å²) in [4.78, 5) is 7.59. The number of nitrogens with zero attached hydrogens (tertiary/aromatic N) is 2. The van der Waals surface area contributed by atoms with Crippen LogP contribution in [0.25, 0.3) is 16.2 Å². The molecule has 3 aromatic rings. The normalized spacial score (nSPS) is 14.7. The molecule has 2 nitrogen and oxygen atoms in total. The first-order valence-electron chi connectivity index (χ1n) is 6.99. The third kappa shape index (κ3) is 1.85. The molecule has 1 aromatic carbocycles. The average Bonchev–Trinajstić information content (AvgIpc) is 2.96. The van der Waals surface area contributed by atoms with E-state index in [4.69, 9.17) is 4.98 Å². The van der Waals surface area contributed by atoms with E-state index in [1.807, 2.05) is 11.3 Å². The Hall–Kier alpha value is -1.13. The van der Waals surface area contributed by atoms with E-state index in [1.165, 1.54) is 42.6 Å². The topological polar surface area (TPSA) is 17.3 Å². The summed E-state index contributed by atoms with van der Waals surface area (Å²) in [6.07, 6.45) is 5.07. The number of hydrogen-bond donors (Lipinski definition) is 0. The maximum atomic E-state index is 4.89. The Bertz CT molecular complexity index is 800. The maximum absolute atomic E-state index is 4.89. The summed E-state index contributed by atoms with van der Waals surface area (Å²) >= 11 is 5.42. The molecule has 0 amide bonds. The Balaban J connectivity index is 1.94. The Morgan fingerprint density at radius 1 is 1.25 bits per heavy atom. The van der Waals surface area contributed by atoms with Gasteiger partial charge in [-0.2, -0.15) is 0 Å². The molecule has 0 aliphatic heterocycles. The summed E-state index contributed by atoms with van der Waals surface area (Å²) in [5, 5.41) is 0. The second-order valence-corrected chi connectivity index (χ2v) is 7.33. The lowest BCUT2D eigenvalue weighted by Gasteiger charge is -2.11. The van der Waals surface area contributed by atoms with Gasteiger partial charge in [0.15, 0.2) is 4.96 Å². The van der Waals surface area contributed by atoms with Crippen LogP contribution >= 0.6 is 27.3 Å². The molecule has 2 aromatic heterocycles. The molecule has 4 heteroatoms. The molecule has 0 spiro atoms. The van der Waals surface area contributed by atoms with Crippen molar-refractivity contribution < 1.29 is 0 Å². The number of halogens is 1. The monoisotopic (exact) mass is 346 g/mol. The lowest BCUT2D eigenvalue weighted by Crippen LogP contribution is -2.03. The molecule has 20 heavy (non-hydrogen) atoms. The molecule has 0 saturated heterocycles. The van der Waals surface area contributed by atoms with Gasteiger partial charge in [-0.05, 0) is 44.7 Å². The van der Waals surface area contributed by atoms with Crippen LogP contribution in [0.1, 0.15) is 29.1 Å². The number of hydrogen-bond acceptors (Lipinski definition) is 2. The zero-order chi connectivity index (χ0) is 13.7. The van der Waals surface area contributed by atoms with E-state index in [1.54, 1.807) is 4.88 Å². The summed E-state index contributed by atoms with van der Waals surface area (Å²) in [7, 11) is 0. The van der Waals surface area contributed by atoms with Gasteiger partial charge in [0.25, 0.3) is 0 Å². The first kappa shape index (κ1) is 12.6. The first-order chi connectivity index (χ1) is 9.74. The summed E-state index contributed by atoms with van der Waals surface area (Å²) in [6, 6.07) is 8.41. The van der Waals surface area contributed by atoms with E-state index in [-0.39, 0.29) is 0 Å². The van der Waals surface area contributed by atoms with Crippen LogP contribution in [-0.2, 0) is 12.8 Å². The van der Waals surface area contributed by atoms with Gasteiger partial charge in [0.1, 0.15) is 0 Å². The van der Waals surface area contributed by atoms with E-state index < -0.39 is 0 Å².